The van der Waals surface area contributed by atoms with Gasteiger partial charge in [0.25, 0.3) is 0 Å². The molecule has 1 aliphatic rings. The summed E-state index contributed by atoms with van der Waals surface area (Å²) in [4.78, 5) is 25.3. The average molecular weight is 410 g/mol. The molecule has 2 aromatic heterocycles. The molecule has 10 heteroatoms. The van der Waals surface area contributed by atoms with Gasteiger partial charge in [0.05, 0.1) is 0 Å². The van der Waals surface area contributed by atoms with Crippen LogP contribution in [0.3, 0.4) is 0 Å². The highest BCUT2D eigenvalue weighted by Crippen LogP contribution is 2.40. The van der Waals surface area contributed by atoms with Gasteiger partial charge in [-0.25, -0.2) is 15.0 Å². The van der Waals surface area contributed by atoms with E-state index >= 15 is 0 Å². The van der Waals surface area contributed by atoms with Gasteiger partial charge in [-0.05, 0) is 6.07 Å². The van der Waals surface area contributed by atoms with E-state index in [-0.39, 0.29) is 18.5 Å². The molecule has 4 rings (SSSR count). The van der Waals surface area contributed by atoms with Crippen molar-refractivity contribution >= 4 is 34.7 Å². The molecule has 0 aliphatic carbocycles. The minimum atomic E-state index is -0.0249. The van der Waals surface area contributed by atoms with E-state index in [0.717, 1.165) is 4.90 Å². The zero-order valence-electron chi connectivity index (χ0n) is 15.6. The number of amides is 1. The standard InChI is InChI=1S/C19H18N6O3S/c1-3-11-7-12-13(28-10-27-12)8-14(11)29-19-24-16-17(20)22-9-23-18(16)25(19)6-5-21-15(26)4-2/h1,7-9H,4-6,10H2,2H3,(H,21,26)(H2,20,22,23). The first-order valence-electron chi connectivity index (χ1n) is 8.92. The van der Waals surface area contributed by atoms with Crippen LogP contribution in [0.15, 0.2) is 28.5 Å². The Kier molecular flexibility index (Phi) is 5.14. The Morgan fingerprint density at radius 1 is 1.38 bits per heavy atom. The van der Waals surface area contributed by atoms with E-state index in [1.807, 2.05) is 10.6 Å². The maximum absolute atomic E-state index is 11.6. The fourth-order valence-corrected chi connectivity index (χ4v) is 3.88. The van der Waals surface area contributed by atoms with Gasteiger partial charge in [-0.1, -0.05) is 24.6 Å². The van der Waals surface area contributed by atoms with Crippen LogP contribution in [0, 0.1) is 12.3 Å². The molecule has 0 saturated carbocycles. The summed E-state index contributed by atoms with van der Waals surface area (Å²) >= 11 is 1.37. The fraction of sp³-hybridized carbons (Fsp3) is 0.263. The lowest BCUT2D eigenvalue weighted by atomic mass is 10.2. The van der Waals surface area contributed by atoms with Crippen LogP contribution < -0.4 is 20.5 Å². The summed E-state index contributed by atoms with van der Waals surface area (Å²) in [5, 5.41) is 3.49. The monoisotopic (exact) mass is 410 g/mol. The van der Waals surface area contributed by atoms with Crippen LogP contribution in [0.1, 0.15) is 18.9 Å². The van der Waals surface area contributed by atoms with Gasteiger partial charge in [0.15, 0.2) is 33.6 Å². The number of nitrogens with zero attached hydrogens (tertiary/aromatic N) is 4. The lowest BCUT2D eigenvalue weighted by molar-refractivity contribution is -0.120. The predicted octanol–water partition coefficient (Wildman–Crippen LogP) is 1.80. The third-order valence-electron chi connectivity index (χ3n) is 4.34. The molecule has 0 atom stereocenters. The van der Waals surface area contributed by atoms with E-state index in [1.165, 1.54) is 18.1 Å². The molecule has 3 aromatic rings. The maximum atomic E-state index is 11.6. The SMILES string of the molecule is C#Cc1cc2c(cc1Sc1nc3c(N)ncnc3n1CCNC(=O)CC)OCO2. The molecule has 3 heterocycles. The Morgan fingerprint density at radius 2 is 2.17 bits per heavy atom. The Balaban J connectivity index is 1.72. The number of hydrogen-bond donors (Lipinski definition) is 2. The summed E-state index contributed by atoms with van der Waals surface area (Å²) in [7, 11) is 0. The Hall–Kier alpha value is -3.45. The molecule has 0 radical (unpaired) electrons. The summed E-state index contributed by atoms with van der Waals surface area (Å²) in [5.74, 6) is 4.18. The molecule has 3 N–H and O–H groups in total. The number of imidazole rings is 1. The summed E-state index contributed by atoms with van der Waals surface area (Å²) in [6, 6.07) is 3.60. The van der Waals surface area contributed by atoms with E-state index in [9.17, 15) is 4.79 Å². The number of hydrogen-bond acceptors (Lipinski definition) is 8. The predicted molar refractivity (Wildman–Crippen MR) is 108 cm³/mol. The number of terminal acetylenes is 1. The van der Waals surface area contributed by atoms with Gasteiger partial charge in [-0.15, -0.1) is 6.42 Å². The normalized spacial score (nSPS) is 12.1. The smallest absolute Gasteiger partial charge is 0.231 e. The number of nitrogens with one attached hydrogen (secondary N) is 1. The highest BCUT2D eigenvalue weighted by Gasteiger charge is 2.21. The Labute approximate surface area is 171 Å². The average Bonchev–Trinajstić information content (AvgIpc) is 3.32. The minimum absolute atomic E-state index is 0.0249. The minimum Gasteiger partial charge on any atom is -0.454 e. The van der Waals surface area contributed by atoms with Crippen molar-refractivity contribution in [1.82, 2.24) is 24.8 Å². The topological polar surface area (TPSA) is 117 Å². The fourth-order valence-electron chi connectivity index (χ4n) is 2.86. The van der Waals surface area contributed by atoms with Crippen LogP contribution in [0.5, 0.6) is 11.5 Å². The van der Waals surface area contributed by atoms with E-state index in [0.29, 0.717) is 52.9 Å². The first-order chi connectivity index (χ1) is 14.1. The van der Waals surface area contributed by atoms with Crippen molar-refractivity contribution in [3.63, 3.8) is 0 Å². The number of fused-ring (bicyclic) bond motifs is 2. The molecule has 0 spiro atoms. The van der Waals surface area contributed by atoms with Gasteiger partial charge in [0.2, 0.25) is 12.7 Å². The molecule has 0 unspecified atom stereocenters. The van der Waals surface area contributed by atoms with Gasteiger partial charge < -0.3 is 25.1 Å². The van der Waals surface area contributed by atoms with Crippen molar-refractivity contribution in [1.29, 1.82) is 0 Å². The van der Waals surface area contributed by atoms with Crippen LogP contribution in [0.2, 0.25) is 0 Å². The number of benzene rings is 1. The Bertz CT molecular complexity index is 1140. The molecule has 1 amide bonds. The molecule has 9 nitrogen and oxygen atoms in total. The summed E-state index contributed by atoms with van der Waals surface area (Å²) in [5.41, 5.74) is 7.74. The Morgan fingerprint density at radius 3 is 2.93 bits per heavy atom. The van der Waals surface area contributed by atoms with Crippen molar-refractivity contribution in [3.8, 4) is 23.8 Å². The largest absolute Gasteiger partial charge is 0.454 e. The molecule has 0 fully saturated rings. The van der Waals surface area contributed by atoms with Crippen LogP contribution in [0.25, 0.3) is 11.2 Å². The zero-order chi connectivity index (χ0) is 20.4. The quantitative estimate of drug-likeness (QED) is 0.591. The van der Waals surface area contributed by atoms with Gasteiger partial charge in [0, 0.05) is 36.0 Å². The van der Waals surface area contributed by atoms with Crippen molar-refractivity contribution < 1.29 is 14.3 Å². The first kappa shape index (κ1) is 18.9. The highest BCUT2D eigenvalue weighted by atomic mass is 32.2. The summed E-state index contributed by atoms with van der Waals surface area (Å²) in [6.07, 6.45) is 7.50. The van der Waals surface area contributed by atoms with E-state index in [4.69, 9.17) is 21.6 Å². The van der Waals surface area contributed by atoms with Gasteiger partial charge >= 0.3 is 0 Å². The number of nitrogens with two attached hydrogens (primary N) is 1. The molecule has 148 valence electrons. The molecular formula is C19H18N6O3S. The molecule has 0 saturated heterocycles. The van der Waals surface area contributed by atoms with Crippen LogP contribution in [-0.4, -0.2) is 38.8 Å². The van der Waals surface area contributed by atoms with E-state index < -0.39 is 0 Å². The number of aromatic nitrogens is 4. The number of carbonyl (C=O) groups is 1. The lowest BCUT2D eigenvalue weighted by Crippen LogP contribution is -2.26. The van der Waals surface area contributed by atoms with Crippen LogP contribution >= 0.6 is 11.8 Å². The molecule has 1 aliphatic heterocycles. The number of rotatable bonds is 6. The number of carbonyl (C=O) groups excluding carboxylic acids is 1. The van der Waals surface area contributed by atoms with Crippen molar-refractivity contribution in [3.05, 3.63) is 24.0 Å². The molecule has 0 bridgehead atoms. The van der Waals surface area contributed by atoms with Crippen LogP contribution in [0.4, 0.5) is 5.82 Å². The van der Waals surface area contributed by atoms with E-state index in [1.54, 1.807) is 13.0 Å². The van der Waals surface area contributed by atoms with Gasteiger partial charge in [0.1, 0.15) is 6.33 Å². The first-order valence-corrected chi connectivity index (χ1v) is 9.73. The second-order valence-electron chi connectivity index (χ2n) is 6.13. The number of anilines is 1. The van der Waals surface area contributed by atoms with Gasteiger partial charge in [-0.2, -0.15) is 0 Å². The molecule has 29 heavy (non-hydrogen) atoms. The third-order valence-corrected chi connectivity index (χ3v) is 5.39. The van der Waals surface area contributed by atoms with Crippen molar-refractivity contribution in [2.75, 3.05) is 19.1 Å². The third kappa shape index (κ3) is 3.64. The van der Waals surface area contributed by atoms with Crippen molar-refractivity contribution in [2.24, 2.45) is 0 Å². The highest BCUT2D eigenvalue weighted by molar-refractivity contribution is 7.99. The second kappa shape index (κ2) is 7.89. The van der Waals surface area contributed by atoms with Crippen molar-refractivity contribution in [2.45, 2.75) is 29.9 Å². The number of ether oxygens (including phenoxy) is 2. The summed E-state index contributed by atoms with van der Waals surface area (Å²) < 4.78 is 12.8. The molecular weight excluding hydrogens is 392 g/mol. The van der Waals surface area contributed by atoms with E-state index in [2.05, 4.69) is 26.2 Å². The second-order valence-corrected chi connectivity index (χ2v) is 7.14. The lowest BCUT2D eigenvalue weighted by Gasteiger charge is -2.10. The number of nitrogen functional groups attached to an aromatic ring is 1. The summed E-state index contributed by atoms with van der Waals surface area (Å²) in [6.45, 7) is 2.86. The molecule has 1 aromatic carbocycles. The van der Waals surface area contributed by atoms with Gasteiger partial charge in [-0.3, -0.25) is 4.79 Å². The van der Waals surface area contributed by atoms with Crippen LogP contribution in [-0.2, 0) is 11.3 Å². The maximum Gasteiger partial charge on any atom is 0.231 e. The zero-order valence-corrected chi connectivity index (χ0v) is 16.5.